The highest BCUT2D eigenvalue weighted by atomic mass is 14.9. The van der Waals surface area contributed by atoms with Gasteiger partial charge in [0.2, 0.25) is 0 Å². The predicted octanol–water partition coefficient (Wildman–Crippen LogP) is 4.26. The normalized spacial score (nSPS) is 24.5. The van der Waals surface area contributed by atoms with E-state index in [1.165, 1.54) is 18.4 Å². The number of fused-ring (bicyclic) bond motifs is 1. The standard InChI is InChI=1S/C16H25N/c1-12-9-10-15(17-11-16(2,3)4)14-8-6-5-7-13(12)14/h5-8,12,15,17H,9-11H2,1-4H3. The summed E-state index contributed by atoms with van der Waals surface area (Å²) in [6, 6.07) is 9.49. The minimum Gasteiger partial charge on any atom is -0.309 e. The summed E-state index contributed by atoms with van der Waals surface area (Å²) in [6.07, 6.45) is 2.58. The molecule has 1 nitrogen and oxygen atoms in total. The van der Waals surface area contributed by atoms with Crippen LogP contribution in [-0.2, 0) is 0 Å². The molecule has 0 spiro atoms. The van der Waals surface area contributed by atoms with Crippen LogP contribution >= 0.6 is 0 Å². The molecule has 0 fully saturated rings. The summed E-state index contributed by atoms with van der Waals surface area (Å²) in [5.74, 6) is 0.721. The molecule has 2 atom stereocenters. The molecule has 0 saturated carbocycles. The van der Waals surface area contributed by atoms with Crippen molar-refractivity contribution in [3.05, 3.63) is 35.4 Å². The van der Waals surface area contributed by atoms with Gasteiger partial charge in [-0.05, 0) is 35.3 Å². The third-order valence-electron chi connectivity index (χ3n) is 3.67. The van der Waals surface area contributed by atoms with Gasteiger partial charge in [-0.3, -0.25) is 0 Å². The van der Waals surface area contributed by atoms with E-state index in [0.29, 0.717) is 11.5 Å². The maximum absolute atomic E-state index is 3.74. The van der Waals surface area contributed by atoms with Crippen molar-refractivity contribution in [1.29, 1.82) is 0 Å². The van der Waals surface area contributed by atoms with E-state index in [1.807, 2.05) is 0 Å². The Kier molecular flexibility index (Phi) is 3.58. The molecule has 0 aliphatic heterocycles. The summed E-state index contributed by atoms with van der Waals surface area (Å²) in [7, 11) is 0. The second-order valence-corrected chi connectivity index (χ2v) is 6.60. The van der Waals surface area contributed by atoms with Crippen LogP contribution in [0.1, 0.15) is 63.6 Å². The molecule has 0 bridgehead atoms. The molecule has 1 N–H and O–H groups in total. The summed E-state index contributed by atoms with van der Waals surface area (Å²) in [5, 5.41) is 3.74. The smallest absolute Gasteiger partial charge is 0.0323 e. The molecule has 0 radical (unpaired) electrons. The molecule has 94 valence electrons. The highest BCUT2D eigenvalue weighted by Crippen LogP contribution is 2.37. The lowest BCUT2D eigenvalue weighted by atomic mass is 9.80. The maximum Gasteiger partial charge on any atom is 0.0323 e. The molecule has 1 aliphatic rings. The first kappa shape index (κ1) is 12.6. The topological polar surface area (TPSA) is 12.0 Å². The Bertz CT molecular complexity index is 375. The van der Waals surface area contributed by atoms with Gasteiger partial charge in [0.15, 0.2) is 0 Å². The third kappa shape index (κ3) is 3.10. The van der Waals surface area contributed by atoms with Crippen LogP contribution in [0.15, 0.2) is 24.3 Å². The number of rotatable bonds is 2. The van der Waals surface area contributed by atoms with Gasteiger partial charge < -0.3 is 5.32 Å². The SMILES string of the molecule is CC1CCC(NCC(C)(C)C)c2ccccc21. The first-order chi connectivity index (χ1) is 7.97. The van der Waals surface area contributed by atoms with Crippen molar-refractivity contribution >= 4 is 0 Å². The van der Waals surface area contributed by atoms with Crippen LogP contribution in [0.25, 0.3) is 0 Å². The Hall–Kier alpha value is -0.820. The van der Waals surface area contributed by atoms with Gasteiger partial charge in [-0.25, -0.2) is 0 Å². The van der Waals surface area contributed by atoms with E-state index in [1.54, 1.807) is 5.56 Å². The van der Waals surface area contributed by atoms with Gasteiger partial charge in [-0.1, -0.05) is 52.0 Å². The molecule has 0 saturated heterocycles. The molecular formula is C16H25N. The van der Waals surface area contributed by atoms with Crippen LogP contribution in [-0.4, -0.2) is 6.54 Å². The fourth-order valence-corrected chi connectivity index (χ4v) is 2.65. The molecule has 0 amide bonds. The van der Waals surface area contributed by atoms with Crippen molar-refractivity contribution in [2.75, 3.05) is 6.54 Å². The Morgan fingerprint density at radius 3 is 2.41 bits per heavy atom. The monoisotopic (exact) mass is 231 g/mol. The minimum atomic E-state index is 0.359. The summed E-state index contributed by atoms with van der Waals surface area (Å²) >= 11 is 0. The zero-order valence-electron chi connectivity index (χ0n) is 11.6. The Morgan fingerprint density at radius 2 is 1.76 bits per heavy atom. The second kappa shape index (κ2) is 4.81. The van der Waals surface area contributed by atoms with Crippen molar-refractivity contribution in [1.82, 2.24) is 5.32 Å². The second-order valence-electron chi connectivity index (χ2n) is 6.60. The van der Waals surface area contributed by atoms with Gasteiger partial charge in [0.05, 0.1) is 0 Å². The van der Waals surface area contributed by atoms with Crippen molar-refractivity contribution < 1.29 is 0 Å². The quantitative estimate of drug-likeness (QED) is 0.802. The van der Waals surface area contributed by atoms with Crippen LogP contribution in [0.2, 0.25) is 0 Å². The number of hydrogen-bond acceptors (Lipinski definition) is 1. The molecule has 0 heterocycles. The minimum absolute atomic E-state index is 0.359. The fraction of sp³-hybridized carbons (Fsp3) is 0.625. The van der Waals surface area contributed by atoms with Crippen molar-refractivity contribution in [3.8, 4) is 0 Å². The zero-order chi connectivity index (χ0) is 12.5. The molecule has 17 heavy (non-hydrogen) atoms. The Balaban J connectivity index is 2.13. The van der Waals surface area contributed by atoms with Crippen LogP contribution in [0.3, 0.4) is 0 Å². The highest BCUT2D eigenvalue weighted by Gasteiger charge is 2.24. The first-order valence-corrected chi connectivity index (χ1v) is 6.79. The number of benzene rings is 1. The third-order valence-corrected chi connectivity index (χ3v) is 3.67. The molecule has 1 aromatic carbocycles. The molecule has 2 rings (SSSR count). The van der Waals surface area contributed by atoms with Crippen LogP contribution in [0.5, 0.6) is 0 Å². The van der Waals surface area contributed by atoms with Gasteiger partial charge in [-0.2, -0.15) is 0 Å². The Labute approximate surface area is 106 Å². The van der Waals surface area contributed by atoms with Crippen LogP contribution < -0.4 is 5.32 Å². The number of nitrogens with one attached hydrogen (secondary N) is 1. The summed E-state index contributed by atoms with van der Waals surface area (Å²) in [5.41, 5.74) is 3.43. The van der Waals surface area contributed by atoms with E-state index < -0.39 is 0 Å². The molecule has 1 aromatic rings. The van der Waals surface area contributed by atoms with Gasteiger partial charge in [0, 0.05) is 12.6 Å². The van der Waals surface area contributed by atoms with Crippen LogP contribution in [0.4, 0.5) is 0 Å². The summed E-state index contributed by atoms with van der Waals surface area (Å²) in [6.45, 7) is 10.3. The average molecular weight is 231 g/mol. The Morgan fingerprint density at radius 1 is 1.12 bits per heavy atom. The lowest BCUT2D eigenvalue weighted by molar-refractivity contribution is 0.331. The fourth-order valence-electron chi connectivity index (χ4n) is 2.65. The highest BCUT2D eigenvalue weighted by molar-refractivity contribution is 5.34. The van der Waals surface area contributed by atoms with Crippen molar-refractivity contribution in [3.63, 3.8) is 0 Å². The first-order valence-electron chi connectivity index (χ1n) is 6.79. The van der Waals surface area contributed by atoms with E-state index >= 15 is 0 Å². The summed E-state index contributed by atoms with van der Waals surface area (Å²) in [4.78, 5) is 0. The summed E-state index contributed by atoms with van der Waals surface area (Å²) < 4.78 is 0. The van der Waals surface area contributed by atoms with Gasteiger partial charge in [-0.15, -0.1) is 0 Å². The molecule has 1 aliphatic carbocycles. The van der Waals surface area contributed by atoms with Gasteiger partial charge in [0.25, 0.3) is 0 Å². The predicted molar refractivity (Wildman–Crippen MR) is 74.3 cm³/mol. The van der Waals surface area contributed by atoms with Gasteiger partial charge in [0.1, 0.15) is 0 Å². The van der Waals surface area contributed by atoms with E-state index in [2.05, 4.69) is 57.3 Å². The average Bonchev–Trinajstić information content (AvgIpc) is 2.27. The van der Waals surface area contributed by atoms with Crippen molar-refractivity contribution in [2.45, 2.75) is 52.5 Å². The number of hydrogen-bond donors (Lipinski definition) is 1. The van der Waals surface area contributed by atoms with Crippen molar-refractivity contribution in [2.24, 2.45) is 5.41 Å². The van der Waals surface area contributed by atoms with E-state index in [9.17, 15) is 0 Å². The maximum atomic E-state index is 3.74. The van der Waals surface area contributed by atoms with E-state index in [-0.39, 0.29) is 0 Å². The largest absolute Gasteiger partial charge is 0.309 e. The lowest BCUT2D eigenvalue weighted by Gasteiger charge is -2.32. The van der Waals surface area contributed by atoms with E-state index in [0.717, 1.165) is 12.5 Å². The molecule has 2 unspecified atom stereocenters. The van der Waals surface area contributed by atoms with Gasteiger partial charge >= 0.3 is 0 Å². The molecular weight excluding hydrogens is 206 g/mol. The molecule has 0 aromatic heterocycles. The lowest BCUT2D eigenvalue weighted by Crippen LogP contribution is -2.32. The van der Waals surface area contributed by atoms with Crippen LogP contribution in [0, 0.1) is 5.41 Å². The molecule has 1 heteroatoms. The van der Waals surface area contributed by atoms with E-state index in [4.69, 9.17) is 0 Å². The zero-order valence-corrected chi connectivity index (χ0v) is 11.6.